The largest absolute Gasteiger partial charge is 0.496 e. The van der Waals surface area contributed by atoms with Crippen molar-refractivity contribution in [1.29, 1.82) is 0 Å². The molecule has 0 atom stereocenters. The lowest BCUT2D eigenvalue weighted by molar-refractivity contribution is 0.397. The smallest absolute Gasteiger partial charge is 0.238 e. The Labute approximate surface area is 96.5 Å². The van der Waals surface area contributed by atoms with Crippen LogP contribution in [0.5, 0.6) is 5.75 Å². The summed E-state index contributed by atoms with van der Waals surface area (Å²) >= 11 is 0. The van der Waals surface area contributed by atoms with Crippen molar-refractivity contribution >= 4 is 10.0 Å². The van der Waals surface area contributed by atoms with Gasteiger partial charge in [0.25, 0.3) is 0 Å². The molecule has 2 N–H and O–H groups in total. The summed E-state index contributed by atoms with van der Waals surface area (Å²) in [4.78, 5) is 0.109. The molecule has 0 unspecified atom stereocenters. The molecule has 4 nitrogen and oxygen atoms in total. The first-order valence-corrected chi connectivity index (χ1v) is 6.42. The van der Waals surface area contributed by atoms with E-state index in [1.165, 1.54) is 6.07 Å². The van der Waals surface area contributed by atoms with Crippen molar-refractivity contribution in [2.45, 2.75) is 31.1 Å². The fourth-order valence-corrected chi connectivity index (χ4v) is 1.99. The van der Waals surface area contributed by atoms with E-state index in [1.54, 1.807) is 19.2 Å². The number of methoxy groups -OCH3 is 1. The van der Waals surface area contributed by atoms with E-state index in [0.717, 1.165) is 5.56 Å². The maximum atomic E-state index is 11.2. The van der Waals surface area contributed by atoms with Crippen molar-refractivity contribution in [2.75, 3.05) is 7.11 Å². The molecule has 0 aliphatic rings. The van der Waals surface area contributed by atoms with Gasteiger partial charge in [-0.15, -0.1) is 0 Å². The van der Waals surface area contributed by atoms with Gasteiger partial charge in [0.05, 0.1) is 12.0 Å². The standard InChI is InChI=1S/C11H17NO3S/c1-11(2,3)9-7-8(16(12,13)14)5-6-10(9)15-4/h5-7H,1-4H3,(H2,12,13,14). The molecule has 5 heteroatoms. The molecule has 0 heterocycles. The second kappa shape index (κ2) is 4.07. The van der Waals surface area contributed by atoms with Gasteiger partial charge >= 0.3 is 0 Å². The molecule has 1 aromatic carbocycles. The first-order valence-electron chi connectivity index (χ1n) is 4.87. The number of primary sulfonamides is 1. The normalized spacial score (nSPS) is 12.6. The maximum Gasteiger partial charge on any atom is 0.238 e. The molecule has 90 valence electrons. The number of benzene rings is 1. The van der Waals surface area contributed by atoms with Crippen LogP contribution in [0.2, 0.25) is 0 Å². The molecule has 0 saturated carbocycles. The van der Waals surface area contributed by atoms with Gasteiger partial charge < -0.3 is 4.74 Å². The Bertz CT molecular complexity index is 486. The summed E-state index contributed by atoms with van der Waals surface area (Å²) in [5.74, 6) is 0.667. The molecule has 0 bridgehead atoms. The molecular formula is C11H17NO3S. The van der Waals surface area contributed by atoms with Crippen LogP contribution in [0, 0.1) is 0 Å². The Balaban J connectivity index is 3.45. The molecule has 0 aromatic heterocycles. The molecule has 0 amide bonds. The third kappa shape index (κ3) is 2.74. The number of hydrogen-bond donors (Lipinski definition) is 1. The van der Waals surface area contributed by atoms with Gasteiger partial charge in [-0.1, -0.05) is 20.8 Å². The van der Waals surface area contributed by atoms with Gasteiger partial charge in [0.15, 0.2) is 0 Å². The zero-order valence-corrected chi connectivity index (χ0v) is 10.8. The van der Waals surface area contributed by atoms with Crippen LogP contribution < -0.4 is 9.88 Å². The van der Waals surface area contributed by atoms with E-state index in [1.807, 2.05) is 20.8 Å². The van der Waals surface area contributed by atoms with Crippen molar-refractivity contribution in [2.24, 2.45) is 5.14 Å². The van der Waals surface area contributed by atoms with Crippen molar-refractivity contribution in [3.05, 3.63) is 23.8 Å². The van der Waals surface area contributed by atoms with Crippen LogP contribution in [-0.4, -0.2) is 15.5 Å². The summed E-state index contributed by atoms with van der Waals surface area (Å²) in [5, 5.41) is 5.09. The topological polar surface area (TPSA) is 69.4 Å². The number of ether oxygens (including phenoxy) is 1. The van der Waals surface area contributed by atoms with Crippen LogP contribution in [0.15, 0.2) is 23.1 Å². The van der Waals surface area contributed by atoms with Crippen LogP contribution in [0.4, 0.5) is 0 Å². The maximum absolute atomic E-state index is 11.2. The third-order valence-corrected chi connectivity index (χ3v) is 3.22. The lowest BCUT2D eigenvalue weighted by atomic mass is 9.86. The van der Waals surface area contributed by atoms with Gasteiger partial charge in [0.1, 0.15) is 5.75 Å². The first kappa shape index (κ1) is 13.0. The van der Waals surface area contributed by atoms with Gasteiger partial charge in [-0.25, -0.2) is 13.6 Å². The highest BCUT2D eigenvalue weighted by Gasteiger charge is 2.21. The van der Waals surface area contributed by atoms with Crippen LogP contribution in [0.3, 0.4) is 0 Å². The monoisotopic (exact) mass is 243 g/mol. The highest BCUT2D eigenvalue weighted by molar-refractivity contribution is 7.89. The Kier molecular flexibility index (Phi) is 3.30. The average molecular weight is 243 g/mol. The minimum atomic E-state index is -3.67. The fourth-order valence-electron chi connectivity index (χ4n) is 1.45. The molecule has 0 radical (unpaired) electrons. The van der Waals surface area contributed by atoms with E-state index >= 15 is 0 Å². The van der Waals surface area contributed by atoms with Gasteiger partial charge in [0, 0.05) is 5.56 Å². The molecule has 0 fully saturated rings. The second-order valence-corrected chi connectivity index (χ2v) is 6.22. The summed E-state index contributed by atoms with van der Waals surface area (Å²) in [6, 6.07) is 4.64. The highest BCUT2D eigenvalue weighted by Crippen LogP contribution is 2.32. The van der Waals surface area contributed by atoms with Crippen molar-refractivity contribution in [3.63, 3.8) is 0 Å². The van der Waals surface area contributed by atoms with Gasteiger partial charge in [-0.2, -0.15) is 0 Å². The SMILES string of the molecule is COc1ccc(S(N)(=O)=O)cc1C(C)(C)C. The van der Waals surface area contributed by atoms with E-state index in [-0.39, 0.29) is 10.3 Å². The number of rotatable bonds is 2. The summed E-state index contributed by atoms with van der Waals surface area (Å²) in [6.07, 6.45) is 0. The predicted octanol–water partition coefficient (Wildman–Crippen LogP) is 1.64. The Morgan fingerprint density at radius 1 is 1.25 bits per heavy atom. The molecule has 0 aliphatic heterocycles. The molecule has 1 rings (SSSR count). The minimum Gasteiger partial charge on any atom is -0.496 e. The summed E-state index contributed by atoms with van der Waals surface area (Å²) < 4.78 is 27.7. The molecule has 0 saturated heterocycles. The summed E-state index contributed by atoms with van der Waals surface area (Å²) in [7, 11) is -2.11. The van der Waals surface area contributed by atoms with Crippen molar-refractivity contribution in [1.82, 2.24) is 0 Å². The molecule has 0 spiro atoms. The van der Waals surface area contributed by atoms with E-state index in [9.17, 15) is 8.42 Å². The van der Waals surface area contributed by atoms with E-state index in [4.69, 9.17) is 9.88 Å². The van der Waals surface area contributed by atoms with E-state index in [2.05, 4.69) is 0 Å². The van der Waals surface area contributed by atoms with Crippen molar-refractivity contribution in [3.8, 4) is 5.75 Å². The van der Waals surface area contributed by atoms with Gasteiger partial charge in [-0.3, -0.25) is 0 Å². The van der Waals surface area contributed by atoms with Crippen LogP contribution >= 0.6 is 0 Å². The highest BCUT2D eigenvalue weighted by atomic mass is 32.2. The Hall–Kier alpha value is -1.07. The zero-order chi connectivity index (χ0) is 12.6. The summed E-state index contributed by atoms with van der Waals surface area (Å²) in [5.41, 5.74) is 0.619. The van der Waals surface area contributed by atoms with E-state index in [0.29, 0.717) is 5.75 Å². The van der Waals surface area contributed by atoms with Crippen LogP contribution in [0.25, 0.3) is 0 Å². The lowest BCUT2D eigenvalue weighted by Gasteiger charge is -2.22. The molecular weight excluding hydrogens is 226 g/mol. The number of hydrogen-bond acceptors (Lipinski definition) is 3. The second-order valence-electron chi connectivity index (χ2n) is 4.66. The minimum absolute atomic E-state index is 0.109. The summed E-state index contributed by atoms with van der Waals surface area (Å²) in [6.45, 7) is 5.95. The van der Waals surface area contributed by atoms with E-state index < -0.39 is 10.0 Å². The van der Waals surface area contributed by atoms with Gasteiger partial charge in [-0.05, 0) is 23.6 Å². The number of nitrogens with two attached hydrogens (primary N) is 1. The quantitative estimate of drug-likeness (QED) is 0.858. The van der Waals surface area contributed by atoms with Crippen LogP contribution in [-0.2, 0) is 15.4 Å². The first-order chi connectivity index (χ1) is 7.16. The average Bonchev–Trinajstić information content (AvgIpc) is 2.14. The van der Waals surface area contributed by atoms with Crippen molar-refractivity contribution < 1.29 is 13.2 Å². The van der Waals surface area contributed by atoms with Crippen LogP contribution in [0.1, 0.15) is 26.3 Å². The fraction of sp³-hybridized carbons (Fsp3) is 0.455. The lowest BCUT2D eigenvalue weighted by Crippen LogP contribution is -2.17. The number of sulfonamides is 1. The third-order valence-electron chi connectivity index (χ3n) is 2.31. The Morgan fingerprint density at radius 2 is 1.81 bits per heavy atom. The molecule has 16 heavy (non-hydrogen) atoms. The van der Waals surface area contributed by atoms with Gasteiger partial charge in [0.2, 0.25) is 10.0 Å². The zero-order valence-electron chi connectivity index (χ0n) is 9.94. The predicted molar refractivity (Wildman–Crippen MR) is 63.1 cm³/mol. The molecule has 0 aliphatic carbocycles. The Morgan fingerprint density at radius 3 is 2.19 bits per heavy atom. The molecule has 1 aromatic rings.